The Morgan fingerprint density at radius 1 is 1.47 bits per heavy atom. The molecule has 1 atom stereocenters. The summed E-state index contributed by atoms with van der Waals surface area (Å²) in [6.45, 7) is 4.61. The molecule has 1 fully saturated rings. The van der Waals surface area contributed by atoms with Gasteiger partial charge in [-0.05, 0) is 32.6 Å². The van der Waals surface area contributed by atoms with E-state index in [4.69, 9.17) is 4.74 Å². The predicted molar refractivity (Wildman–Crippen MR) is 65.0 cm³/mol. The Hall–Kier alpha value is -0.620. The van der Waals surface area contributed by atoms with Crippen LogP contribution in [0.4, 0.5) is 0 Å². The first-order valence-corrected chi connectivity index (χ1v) is 7.78. The average Bonchev–Trinajstić information content (AvgIpc) is 2.15. The number of piperidine rings is 1. The molecule has 0 radical (unpaired) electrons. The molecular weight excluding hydrogens is 242 g/mol. The summed E-state index contributed by atoms with van der Waals surface area (Å²) in [5.74, 6) is -0.148. The van der Waals surface area contributed by atoms with Crippen LogP contribution in [0.15, 0.2) is 0 Å². The van der Waals surface area contributed by atoms with Crippen molar-refractivity contribution in [3.05, 3.63) is 0 Å². The van der Waals surface area contributed by atoms with E-state index in [-0.39, 0.29) is 18.0 Å². The molecule has 1 saturated heterocycles. The van der Waals surface area contributed by atoms with E-state index in [1.165, 1.54) is 10.6 Å². The lowest BCUT2D eigenvalue weighted by Crippen LogP contribution is -2.40. The molecular formula is C11H21NO4S. The topological polar surface area (TPSA) is 63.7 Å². The molecule has 17 heavy (non-hydrogen) atoms. The average molecular weight is 263 g/mol. The molecule has 6 heteroatoms. The van der Waals surface area contributed by atoms with Gasteiger partial charge in [-0.1, -0.05) is 0 Å². The maximum absolute atomic E-state index is 11.5. The van der Waals surface area contributed by atoms with Gasteiger partial charge in [0.25, 0.3) is 0 Å². The Morgan fingerprint density at radius 2 is 2.12 bits per heavy atom. The van der Waals surface area contributed by atoms with Gasteiger partial charge in [0, 0.05) is 19.5 Å². The standard InChI is InChI=1S/C11H21NO4S/c1-9(2)16-11(13)7-10-5-4-6-12(8-10)17(3,14)15/h9-10H,4-8H2,1-3H3/t10-/m1/s1. The number of hydrogen-bond acceptors (Lipinski definition) is 4. The molecule has 0 aromatic heterocycles. The molecule has 0 aromatic carbocycles. The van der Waals surface area contributed by atoms with Crippen molar-refractivity contribution in [1.29, 1.82) is 0 Å². The van der Waals surface area contributed by atoms with E-state index in [9.17, 15) is 13.2 Å². The molecule has 0 spiro atoms. The predicted octanol–water partition coefficient (Wildman–Crippen LogP) is 1.000. The summed E-state index contributed by atoms with van der Waals surface area (Å²) in [7, 11) is -3.14. The molecule has 5 nitrogen and oxygen atoms in total. The van der Waals surface area contributed by atoms with Gasteiger partial charge in [-0.3, -0.25) is 4.79 Å². The van der Waals surface area contributed by atoms with Crippen molar-refractivity contribution < 1.29 is 17.9 Å². The quantitative estimate of drug-likeness (QED) is 0.710. The monoisotopic (exact) mass is 263 g/mol. The minimum Gasteiger partial charge on any atom is -0.463 e. The Kier molecular flexibility index (Phi) is 4.94. The van der Waals surface area contributed by atoms with Crippen LogP contribution in [-0.2, 0) is 19.6 Å². The summed E-state index contributed by atoms with van der Waals surface area (Å²) in [5, 5.41) is 0. The van der Waals surface area contributed by atoms with Gasteiger partial charge < -0.3 is 4.74 Å². The molecule has 0 N–H and O–H groups in total. The zero-order valence-electron chi connectivity index (χ0n) is 10.7. The van der Waals surface area contributed by atoms with E-state index in [0.29, 0.717) is 19.5 Å². The summed E-state index contributed by atoms with van der Waals surface area (Å²) in [6.07, 6.45) is 3.11. The first-order chi connectivity index (χ1) is 7.79. The van der Waals surface area contributed by atoms with Gasteiger partial charge in [0.05, 0.1) is 12.4 Å². The molecule has 0 unspecified atom stereocenters. The van der Waals surface area contributed by atoms with Crippen LogP contribution in [0.2, 0.25) is 0 Å². The third-order valence-electron chi connectivity index (χ3n) is 2.77. The minimum absolute atomic E-state index is 0.0877. The van der Waals surface area contributed by atoms with Gasteiger partial charge in [0.15, 0.2) is 0 Å². The summed E-state index contributed by atoms with van der Waals surface area (Å²) in [5.41, 5.74) is 0. The van der Waals surface area contributed by atoms with Gasteiger partial charge in [-0.2, -0.15) is 0 Å². The van der Waals surface area contributed by atoms with Crippen LogP contribution in [0.1, 0.15) is 33.1 Å². The van der Waals surface area contributed by atoms with Crippen LogP contribution < -0.4 is 0 Å². The highest BCUT2D eigenvalue weighted by molar-refractivity contribution is 7.88. The van der Waals surface area contributed by atoms with Crippen molar-refractivity contribution in [2.24, 2.45) is 5.92 Å². The molecule has 0 saturated carbocycles. The number of hydrogen-bond donors (Lipinski definition) is 0. The van der Waals surface area contributed by atoms with Crippen molar-refractivity contribution in [3.8, 4) is 0 Å². The van der Waals surface area contributed by atoms with Gasteiger partial charge in [-0.15, -0.1) is 0 Å². The van der Waals surface area contributed by atoms with E-state index in [0.717, 1.165) is 12.8 Å². The summed E-state index contributed by atoms with van der Waals surface area (Å²) in [4.78, 5) is 11.5. The lowest BCUT2D eigenvalue weighted by Gasteiger charge is -2.30. The van der Waals surface area contributed by atoms with Crippen LogP contribution in [0.25, 0.3) is 0 Å². The summed E-state index contributed by atoms with van der Waals surface area (Å²) in [6, 6.07) is 0. The number of nitrogens with zero attached hydrogens (tertiary/aromatic N) is 1. The zero-order chi connectivity index (χ0) is 13.1. The van der Waals surface area contributed by atoms with Crippen molar-refractivity contribution in [1.82, 2.24) is 4.31 Å². The lowest BCUT2D eigenvalue weighted by atomic mass is 9.96. The largest absolute Gasteiger partial charge is 0.463 e. The van der Waals surface area contributed by atoms with E-state index in [1.807, 2.05) is 13.8 Å². The highest BCUT2D eigenvalue weighted by Crippen LogP contribution is 2.21. The van der Waals surface area contributed by atoms with Crippen LogP contribution >= 0.6 is 0 Å². The van der Waals surface area contributed by atoms with Crippen LogP contribution in [-0.4, -0.2) is 44.1 Å². The third-order valence-corrected chi connectivity index (χ3v) is 4.04. The third kappa shape index (κ3) is 5.04. The second-order valence-electron chi connectivity index (χ2n) is 4.87. The highest BCUT2D eigenvalue weighted by Gasteiger charge is 2.27. The van der Waals surface area contributed by atoms with Crippen molar-refractivity contribution in [3.63, 3.8) is 0 Å². The van der Waals surface area contributed by atoms with E-state index < -0.39 is 10.0 Å². The molecule has 0 aromatic rings. The number of ether oxygens (including phenoxy) is 1. The fraction of sp³-hybridized carbons (Fsp3) is 0.909. The maximum Gasteiger partial charge on any atom is 0.306 e. The van der Waals surface area contributed by atoms with E-state index in [1.54, 1.807) is 0 Å². The van der Waals surface area contributed by atoms with Crippen molar-refractivity contribution in [2.75, 3.05) is 19.3 Å². The molecule has 1 aliphatic heterocycles. The first kappa shape index (κ1) is 14.4. The zero-order valence-corrected chi connectivity index (χ0v) is 11.5. The van der Waals surface area contributed by atoms with E-state index in [2.05, 4.69) is 0 Å². The van der Waals surface area contributed by atoms with Gasteiger partial charge in [0.2, 0.25) is 10.0 Å². The van der Waals surface area contributed by atoms with Crippen molar-refractivity contribution in [2.45, 2.75) is 39.2 Å². The number of esters is 1. The normalized spacial score (nSPS) is 22.7. The Bertz CT molecular complexity index is 364. The molecule has 100 valence electrons. The minimum atomic E-state index is -3.14. The van der Waals surface area contributed by atoms with E-state index >= 15 is 0 Å². The number of carbonyl (C=O) groups is 1. The Balaban J connectivity index is 2.48. The fourth-order valence-corrected chi connectivity index (χ4v) is 2.98. The second-order valence-corrected chi connectivity index (χ2v) is 6.85. The first-order valence-electron chi connectivity index (χ1n) is 5.93. The fourth-order valence-electron chi connectivity index (χ4n) is 2.04. The van der Waals surface area contributed by atoms with Gasteiger partial charge in [0.1, 0.15) is 0 Å². The van der Waals surface area contributed by atoms with Gasteiger partial charge >= 0.3 is 5.97 Å². The van der Waals surface area contributed by atoms with Gasteiger partial charge in [-0.25, -0.2) is 12.7 Å². The van der Waals surface area contributed by atoms with Crippen molar-refractivity contribution >= 4 is 16.0 Å². The molecule has 0 bridgehead atoms. The highest BCUT2D eigenvalue weighted by atomic mass is 32.2. The lowest BCUT2D eigenvalue weighted by molar-refractivity contribution is -0.148. The Morgan fingerprint density at radius 3 is 2.65 bits per heavy atom. The van der Waals surface area contributed by atoms with Crippen LogP contribution in [0.3, 0.4) is 0 Å². The second kappa shape index (κ2) is 5.82. The number of sulfonamides is 1. The molecule has 1 heterocycles. The maximum atomic E-state index is 11.5. The Labute approximate surface area is 103 Å². The van der Waals surface area contributed by atoms with Crippen LogP contribution in [0.5, 0.6) is 0 Å². The van der Waals surface area contributed by atoms with Crippen LogP contribution in [0, 0.1) is 5.92 Å². The molecule has 1 aliphatic rings. The number of carbonyl (C=O) groups excluding carboxylic acids is 1. The SMILES string of the molecule is CC(C)OC(=O)C[C@H]1CCCN(S(C)(=O)=O)C1. The molecule has 0 aliphatic carbocycles. The summed E-state index contributed by atoms with van der Waals surface area (Å²) >= 11 is 0. The summed E-state index contributed by atoms with van der Waals surface area (Å²) < 4.78 is 29.3. The molecule has 1 rings (SSSR count). The molecule has 0 amide bonds. The number of rotatable bonds is 4. The smallest absolute Gasteiger partial charge is 0.306 e.